The van der Waals surface area contributed by atoms with Crippen molar-refractivity contribution >= 4 is 16.8 Å². The number of aryl methyl sites for hydroxylation is 1. The van der Waals surface area contributed by atoms with Crippen LogP contribution in [0.3, 0.4) is 0 Å². The Hall–Kier alpha value is -2.76. The first-order valence-corrected chi connectivity index (χ1v) is 8.05. The number of rotatable bonds is 5. The first kappa shape index (κ1) is 16.1. The zero-order chi connectivity index (χ0) is 17.1. The summed E-state index contributed by atoms with van der Waals surface area (Å²) in [5.41, 5.74) is 2.64. The molecule has 3 rings (SSSR count). The van der Waals surface area contributed by atoms with E-state index in [0.717, 1.165) is 16.5 Å². The molecule has 1 atom stereocenters. The van der Waals surface area contributed by atoms with Gasteiger partial charge >= 0.3 is 0 Å². The Labute approximate surface area is 140 Å². The van der Waals surface area contributed by atoms with Gasteiger partial charge in [-0.3, -0.25) is 9.78 Å². The van der Waals surface area contributed by atoms with Crippen LogP contribution in [0, 0.1) is 12.8 Å². The van der Waals surface area contributed by atoms with E-state index >= 15 is 0 Å². The molecule has 2 aromatic heterocycles. The number of aromatic nitrogens is 4. The van der Waals surface area contributed by atoms with Crippen LogP contribution in [0.15, 0.2) is 42.9 Å². The highest BCUT2D eigenvalue weighted by Crippen LogP contribution is 2.18. The molecule has 3 aromatic rings. The molecule has 0 spiro atoms. The third kappa shape index (κ3) is 3.42. The highest BCUT2D eigenvalue weighted by atomic mass is 16.1. The SMILES string of the molecule is Cc1ccnc2ccc(C(=O)NC(Cn3nccn3)C(C)C)cc12. The molecule has 0 saturated carbocycles. The summed E-state index contributed by atoms with van der Waals surface area (Å²) in [6.07, 6.45) is 5.06. The van der Waals surface area contributed by atoms with E-state index in [0.29, 0.717) is 12.1 Å². The van der Waals surface area contributed by atoms with Crippen molar-refractivity contribution in [2.45, 2.75) is 33.4 Å². The molecule has 2 heterocycles. The first-order valence-electron chi connectivity index (χ1n) is 8.05. The highest BCUT2D eigenvalue weighted by molar-refractivity contribution is 5.98. The van der Waals surface area contributed by atoms with Crippen LogP contribution in [-0.4, -0.2) is 31.9 Å². The molecule has 0 aliphatic rings. The van der Waals surface area contributed by atoms with Gasteiger partial charge in [-0.05, 0) is 42.7 Å². The van der Waals surface area contributed by atoms with Crippen molar-refractivity contribution in [3.05, 3.63) is 54.0 Å². The Morgan fingerprint density at radius 2 is 1.92 bits per heavy atom. The number of nitrogens with one attached hydrogen (secondary N) is 1. The molecule has 0 aliphatic heterocycles. The molecular weight excluding hydrogens is 302 g/mol. The normalized spacial score (nSPS) is 12.5. The average molecular weight is 323 g/mol. The van der Waals surface area contributed by atoms with Gasteiger partial charge in [-0.15, -0.1) is 0 Å². The molecule has 1 amide bonds. The summed E-state index contributed by atoms with van der Waals surface area (Å²) in [5.74, 6) is 0.176. The third-order valence-electron chi connectivity index (χ3n) is 4.17. The summed E-state index contributed by atoms with van der Waals surface area (Å²) in [4.78, 5) is 18.6. The van der Waals surface area contributed by atoms with Gasteiger partial charge in [-0.25, -0.2) is 0 Å². The second-order valence-electron chi connectivity index (χ2n) is 6.27. The highest BCUT2D eigenvalue weighted by Gasteiger charge is 2.19. The monoisotopic (exact) mass is 323 g/mol. The minimum absolute atomic E-state index is 0.0457. The molecule has 24 heavy (non-hydrogen) atoms. The summed E-state index contributed by atoms with van der Waals surface area (Å²) in [6, 6.07) is 7.50. The minimum atomic E-state index is -0.0917. The fraction of sp³-hybridized carbons (Fsp3) is 0.333. The fourth-order valence-electron chi connectivity index (χ4n) is 2.61. The van der Waals surface area contributed by atoms with Crippen LogP contribution in [0.5, 0.6) is 0 Å². The van der Waals surface area contributed by atoms with Crippen LogP contribution in [0.2, 0.25) is 0 Å². The second kappa shape index (κ2) is 6.78. The third-order valence-corrected chi connectivity index (χ3v) is 4.17. The average Bonchev–Trinajstić information content (AvgIpc) is 3.07. The molecule has 0 bridgehead atoms. The molecule has 0 fully saturated rings. The van der Waals surface area contributed by atoms with Gasteiger partial charge in [-0.2, -0.15) is 15.0 Å². The van der Waals surface area contributed by atoms with Crippen LogP contribution in [0.25, 0.3) is 10.9 Å². The zero-order valence-electron chi connectivity index (χ0n) is 14.1. The smallest absolute Gasteiger partial charge is 0.251 e. The molecular formula is C18H21N5O. The quantitative estimate of drug-likeness (QED) is 0.783. The Bertz CT molecular complexity index is 842. The van der Waals surface area contributed by atoms with Crippen molar-refractivity contribution in [3.8, 4) is 0 Å². The summed E-state index contributed by atoms with van der Waals surface area (Å²) < 4.78 is 0. The Morgan fingerprint density at radius 1 is 1.17 bits per heavy atom. The lowest BCUT2D eigenvalue weighted by Gasteiger charge is -2.22. The van der Waals surface area contributed by atoms with Gasteiger partial charge in [0.1, 0.15) is 0 Å². The minimum Gasteiger partial charge on any atom is -0.347 e. The fourth-order valence-corrected chi connectivity index (χ4v) is 2.61. The first-order chi connectivity index (χ1) is 11.5. The van der Waals surface area contributed by atoms with Gasteiger partial charge in [0, 0.05) is 17.1 Å². The molecule has 0 saturated heterocycles. The Kier molecular flexibility index (Phi) is 4.55. The Balaban J connectivity index is 1.81. The standard InChI is InChI=1S/C18H21N5O/c1-12(2)17(11-23-20-8-9-21-23)22-18(24)14-4-5-16-15(10-14)13(3)6-7-19-16/h4-10,12,17H,11H2,1-3H3,(H,22,24). The predicted molar refractivity (Wildman–Crippen MR) is 92.6 cm³/mol. The molecule has 1 aromatic carbocycles. The molecule has 6 heteroatoms. The summed E-state index contributed by atoms with van der Waals surface area (Å²) in [6.45, 7) is 6.71. The largest absolute Gasteiger partial charge is 0.347 e. The van der Waals surface area contributed by atoms with Gasteiger partial charge < -0.3 is 5.32 Å². The number of hydrogen-bond acceptors (Lipinski definition) is 4. The number of hydrogen-bond donors (Lipinski definition) is 1. The lowest BCUT2D eigenvalue weighted by Crippen LogP contribution is -2.42. The van der Waals surface area contributed by atoms with Gasteiger partial charge in [0.2, 0.25) is 0 Å². The number of amides is 1. The molecule has 0 radical (unpaired) electrons. The predicted octanol–water partition coefficient (Wildman–Crippen LogP) is 2.59. The van der Waals surface area contributed by atoms with Gasteiger partial charge in [0.05, 0.1) is 30.5 Å². The lowest BCUT2D eigenvalue weighted by atomic mass is 10.0. The number of nitrogens with zero attached hydrogens (tertiary/aromatic N) is 4. The van der Waals surface area contributed by atoms with Crippen molar-refractivity contribution in [3.63, 3.8) is 0 Å². The van der Waals surface area contributed by atoms with E-state index in [2.05, 4.69) is 34.3 Å². The van der Waals surface area contributed by atoms with E-state index in [4.69, 9.17) is 0 Å². The molecule has 124 valence electrons. The summed E-state index contributed by atoms with van der Waals surface area (Å²) in [5, 5.41) is 12.3. The van der Waals surface area contributed by atoms with E-state index in [-0.39, 0.29) is 17.9 Å². The number of fused-ring (bicyclic) bond motifs is 1. The van der Waals surface area contributed by atoms with Gasteiger partial charge in [0.25, 0.3) is 5.91 Å². The summed E-state index contributed by atoms with van der Waals surface area (Å²) >= 11 is 0. The van der Waals surface area contributed by atoms with E-state index in [1.807, 2.05) is 31.2 Å². The Morgan fingerprint density at radius 3 is 2.62 bits per heavy atom. The number of pyridine rings is 1. The van der Waals surface area contributed by atoms with Crippen LogP contribution in [-0.2, 0) is 6.54 Å². The molecule has 0 aliphatic carbocycles. The maximum Gasteiger partial charge on any atom is 0.251 e. The second-order valence-corrected chi connectivity index (χ2v) is 6.27. The van der Waals surface area contributed by atoms with Gasteiger partial charge in [0.15, 0.2) is 0 Å². The number of carbonyl (C=O) groups excluding carboxylic acids is 1. The van der Waals surface area contributed by atoms with Crippen molar-refractivity contribution in [2.75, 3.05) is 0 Å². The van der Waals surface area contributed by atoms with Crippen LogP contribution in [0.4, 0.5) is 0 Å². The van der Waals surface area contributed by atoms with Crippen molar-refractivity contribution in [2.24, 2.45) is 5.92 Å². The lowest BCUT2D eigenvalue weighted by molar-refractivity contribution is 0.0918. The van der Waals surface area contributed by atoms with Gasteiger partial charge in [-0.1, -0.05) is 13.8 Å². The van der Waals surface area contributed by atoms with Crippen molar-refractivity contribution < 1.29 is 4.79 Å². The molecule has 6 nitrogen and oxygen atoms in total. The van der Waals surface area contributed by atoms with Crippen LogP contribution in [0.1, 0.15) is 29.8 Å². The molecule has 1 N–H and O–H groups in total. The van der Waals surface area contributed by atoms with Crippen molar-refractivity contribution in [1.29, 1.82) is 0 Å². The van der Waals surface area contributed by atoms with Crippen LogP contribution < -0.4 is 5.32 Å². The number of carbonyl (C=O) groups is 1. The van der Waals surface area contributed by atoms with E-state index in [1.54, 1.807) is 23.4 Å². The number of benzene rings is 1. The maximum atomic E-state index is 12.7. The van der Waals surface area contributed by atoms with E-state index < -0.39 is 0 Å². The maximum absolute atomic E-state index is 12.7. The van der Waals surface area contributed by atoms with E-state index in [1.165, 1.54) is 0 Å². The van der Waals surface area contributed by atoms with E-state index in [9.17, 15) is 4.79 Å². The van der Waals surface area contributed by atoms with Crippen LogP contribution >= 0.6 is 0 Å². The zero-order valence-corrected chi connectivity index (χ0v) is 14.1. The summed E-state index contributed by atoms with van der Waals surface area (Å²) in [7, 11) is 0. The van der Waals surface area contributed by atoms with Crippen molar-refractivity contribution in [1.82, 2.24) is 25.3 Å². The molecule has 1 unspecified atom stereocenters. The topological polar surface area (TPSA) is 72.7 Å².